The molecule has 0 radical (unpaired) electrons. The molecule has 0 amide bonds. The average molecular weight is 77.0 g/mol. The summed E-state index contributed by atoms with van der Waals surface area (Å²) < 4.78 is 7.42. The van der Waals surface area contributed by atoms with Crippen molar-refractivity contribution in [1.29, 1.82) is 0 Å². The van der Waals surface area contributed by atoms with Gasteiger partial charge in [-0.25, -0.2) is 0 Å². The SMILES string of the molecule is O=[n+]1o[nH]o1. The summed E-state index contributed by atoms with van der Waals surface area (Å²) in [5, 5.41) is 1.77. The third-order valence-corrected chi connectivity index (χ3v) is 0.224. The van der Waals surface area contributed by atoms with Crippen LogP contribution in [-0.4, -0.2) is 5.33 Å². The van der Waals surface area contributed by atoms with E-state index in [9.17, 15) is 4.91 Å². The Kier molecular flexibility index (Phi) is 0.216. The first-order valence-electron chi connectivity index (χ1n) is 0.956. The third-order valence-electron chi connectivity index (χ3n) is 0.224. The van der Waals surface area contributed by atoms with E-state index in [-0.39, 0.29) is 4.77 Å². The topological polar surface area (TPSA) is 65.0 Å². The Labute approximate surface area is 25.6 Å². The molecule has 0 aromatic carbocycles. The molecule has 0 spiro atoms. The molecule has 5 heavy (non-hydrogen) atoms. The van der Waals surface area contributed by atoms with E-state index in [1.165, 1.54) is 0 Å². The molecule has 0 saturated carbocycles. The summed E-state index contributed by atoms with van der Waals surface area (Å²) in [4.78, 5) is 9.31. The zero-order chi connectivity index (χ0) is 3.70. The lowest BCUT2D eigenvalue weighted by Gasteiger charge is -1.63. The fourth-order valence-corrected chi connectivity index (χ4v) is 0.0677. The second-order valence-corrected chi connectivity index (χ2v) is 0.490. The van der Waals surface area contributed by atoms with E-state index in [2.05, 4.69) is 9.26 Å². The maximum absolute atomic E-state index is 9.31. The van der Waals surface area contributed by atoms with Gasteiger partial charge < -0.3 is 0 Å². The molecule has 0 saturated heterocycles. The van der Waals surface area contributed by atoms with Gasteiger partial charge in [0.15, 0.2) is 0 Å². The largest absolute Gasteiger partial charge is 0.347 e. The number of nitrogens with zero attached hydrogens (tertiary/aromatic N) is 1. The van der Waals surface area contributed by atoms with Crippen LogP contribution in [0.15, 0.2) is 9.26 Å². The van der Waals surface area contributed by atoms with Gasteiger partial charge in [0.25, 0.3) is 0 Å². The van der Waals surface area contributed by atoms with Gasteiger partial charge in [0.1, 0.15) is 0 Å². The van der Waals surface area contributed by atoms with Crippen LogP contribution in [0.2, 0.25) is 0 Å². The summed E-state index contributed by atoms with van der Waals surface area (Å²) in [6.45, 7) is 0. The van der Waals surface area contributed by atoms with Gasteiger partial charge >= 0.3 is 4.77 Å². The standard InChI is InChI=1S/HN2O3/c3-2-4-1-5-2/h1H/q+1. The summed E-state index contributed by atoms with van der Waals surface area (Å²) in [6.07, 6.45) is 0. The summed E-state index contributed by atoms with van der Waals surface area (Å²) >= 11 is 0. The van der Waals surface area contributed by atoms with Crippen LogP contribution in [0.4, 0.5) is 0 Å². The molecule has 28 valence electrons. The molecular weight excluding hydrogens is 76.0 g/mol. The maximum Gasteiger partial charge on any atom is 0.347 e. The number of aromatic amines is 1. The summed E-state index contributed by atoms with van der Waals surface area (Å²) in [6, 6.07) is 0. The van der Waals surface area contributed by atoms with Crippen molar-refractivity contribution < 1.29 is 14.0 Å². The highest BCUT2D eigenvalue weighted by atomic mass is 17.0. The van der Waals surface area contributed by atoms with Crippen LogP contribution in [-0.2, 0) is 0 Å². The van der Waals surface area contributed by atoms with Crippen molar-refractivity contribution in [3.8, 4) is 0 Å². The van der Waals surface area contributed by atoms with Gasteiger partial charge in [-0.3, -0.25) is 0 Å². The molecule has 5 heteroatoms. The Hall–Kier alpha value is -1.00. The molecule has 1 rings (SSSR count). The van der Waals surface area contributed by atoms with Gasteiger partial charge in [-0.15, -0.1) is 0 Å². The minimum Gasteiger partial charge on any atom is -0.0629 e. The lowest BCUT2D eigenvalue weighted by Crippen LogP contribution is -2.17. The zero-order valence-electron chi connectivity index (χ0n) is 2.17. The molecule has 1 heterocycles. The van der Waals surface area contributed by atoms with Gasteiger partial charge in [-0.2, -0.15) is 0 Å². The maximum atomic E-state index is 9.31. The average Bonchev–Trinajstić information content (AvgIpc) is 1.30. The van der Waals surface area contributed by atoms with E-state index in [0.29, 0.717) is 0 Å². The third kappa shape index (κ3) is 0.120. The lowest BCUT2D eigenvalue weighted by atomic mass is 13.0. The first-order chi connectivity index (χ1) is 2.39. The van der Waals surface area contributed by atoms with Crippen LogP contribution >= 0.6 is 0 Å². The Morgan fingerprint density at radius 3 is 2.00 bits per heavy atom. The van der Waals surface area contributed by atoms with Crippen molar-refractivity contribution in [2.24, 2.45) is 0 Å². The van der Waals surface area contributed by atoms with Crippen molar-refractivity contribution in [2.45, 2.75) is 0 Å². The molecule has 0 atom stereocenters. The van der Waals surface area contributed by atoms with Crippen LogP contribution in [0.25, 0.3) is 0 Å². The Morgan fingerprint density at radius 1 is 1.60 bits per heavy atom. The van der Waals surface area contributed by atoms with Crippen LogP contribution in [0.1, 0.15) is 0 Å². The molecule has 0 aliphatic carbocycles. The molecule has 0 fully saturated rings. The molecule has 5 nitrogen and oxygen atoms in total. The molecule has 0 aliphatic heterocycles. The Balaban J connectivity index is 3.29. The second kappa shape index (κ2) is 0.480. The Morgan fingerprint density at radius 2 is 2.00 bits per heavy atom. The molecule has 0 bridgehead atoms. The van der Waals surface area contributed by atoms with Crippen molar-refractivity contribution in [3.05, 3.63) is 4.91 Å². The number of hydrogen-bond acceptors (Lipinski definition) is 3. The van der Waals surface area contributed by atoms with E-state index in [1.807, 2.05) is 0 Å². The highest BCUT2D eigenvalue weighted by molar-refractivity contribution is 3.56. The van der Waals surface area contributed by atoms with Crippen LogP contribution in [0.3, 0.4) is 0 Å². The van der Waals surface area contributed by atoms with Crippen molar-refractivity contribution >= 4 is 0 Å². The molecule has 1 aromatic heterocycles. The quantitative estimate of drug-likeness (QED) is 0.437. The van der Waals surface area contributed by atoms with Crippen LogP contribution < -0.4 is 4.77 Å². The zero-order valence-corrected chi connectivity index (χ0v) is 2.17. The summed E-state index contributed by atoms with van der Waals surface area (Å²) in [5.41, 5.74) is 0. The number of H-pyrrole nitrogens is 1. The van der Waals surface area contributed by atoms with Gasteiger partial charge in [0, 0.05) is 0 Å². The summed E-state index contributed by atoms with van der Waals surface area (Å²) in [7, 11) is 0. The van der Waals surface area contributed by atoms with Gasteiger partial charge in [-0.05, 0) is 4.91 Å². The van der Waals surface area contributed by atoms with Gasteiger partial charge in [-0.1, -0.05) is 9.26 Å². The van der Waals surface area contributed by atoms with Crippen LogP contribution in [0, 0.1) is 4.91 Å². The van der Waals surface area contributed by atoms with Gasteiger partial charge in [0.2, 0.25) is 0 Å². The molecular formula is HN2O3+. The normalized spacial score (nSPS) is 8.80. The highest BCUT2D eigenvalue weighted by Gasteiger charge is 1.82. The number of aromatic nitrogens is 2. The van der Waals surface area contributed by atoms with Crippen molar-refractivity contribution in [2.75, 3.05) is 0 Å². The van der Waals surface area contributed by atoms with Gasteiger partial charge in [0.05, 0.1) is 5.33 Å². The lowest BCUT2D eigenvalue weighted by molar-refractivity contribution is -0.946. The predicted octanol–water partition coefficient (Wildman–Crippen LogP) is -0.885. The fraction of sp³-hybridized carbons (Fsp3) is 0. The smallest absolute Gasteiger partial charge is 0.0629 e. The highest BCUT2D eigenvalue weighted by Crippen LogP contribution is 1.49. The van der Waals surface area contributed by atoms with E-state index < -0.39 is 0 Å². The molecule has 1 aromatic rings. The first kappa shape index (κ1) is 2.25. The fourth-order valence-electron chi connectivity index (χ4n) is 0.0677. The van der Waals surface area contributed by atoms with E-state index in [1.54, 1.807) is 5.33 Å². The number of nitrogens with one attached hydrogen (secondary N) is 1. The van der Waals surface area contributed by atoms with E-state index in [4.69, 9.17) is 0 Å². The summed E-state index contributed by atoms with van der Waals surface area (Å²) in [5.74, 6) is 0. The minimum atomic E-state index is -0.0556. The molecule has 1 N–H and O–H groups in total. The van der Waals surface area contributed by atoms with E-state index in [0.717, 1.165) is 0 Å². The van der Waals surface area contributed by atoms with Crippen molar-refractivity contribution in [1.82, 2.24) is 5.33 Å². The van der Waals surface area contributed by atoms with Crippen LogP contribution in [0.5, 0.6) is 0 Å². The first-order valence-corrected chi connectivity index (χ1v) is 0.956. The molecule has 0 aliphatic rings. The Bertz CT molecular complexity index is 119. The molecule has 0 unspecified atom stereocenters. The van der Waals surface area contributed by atoms with E-state index >= 15 is 0 Å². The number of rotatable bonds is 0. The second-order valence-electron chi connectivity index (χ2n) is 0.490. The van der Waals surface area contributed by atoms with Crippen molar-refractivity contribution in [3.63, 3.8) is 0 Å². The monoisotopic (exact) mass is 77.0 g/mol. The number of hydrogen-bond donors (Lipinski definition) is 1. The minimum absolute atomic E-state index is 0.0556. The predicted molar refractivity (Wildman–Crippen MR) is 8.69 cm³/mol.